The van der Waals surface area contributed by atoms with Gasteiger partial charge in [-0.15, -0.1) is 0 Å². The number of halogens is 3. The standard InChI is InChI=1S/C8H7ClF2N2O/c1-4-2-5(3-6(9)12-4)13-8(14)7(10)11/h2-3,7H,1H3,(H,12,13,14). The Morgan fingerprint density at radius 3 is 2.71 bits per heavy atom. The van der Waals surface area contributed by atoms with Gasteiger partial charge in [-0.1, -0.05) is 11.6 Å². The molecule has 1 aromatic rings. The van der Waals surface area contributed by atoms with Gasteiger partial charge in [0, 0.05) is 11.4 Å². The zero-order valence-electron chi connectivity index (χ0n) is 7.22. The van der Waals surface area contributed by atoms with E-state index in [0.717, 1.165) is 0 Å². The Morgan fingerprint density at radius 2 is 2.21 bits per heavy atom. The van der Waals surface area contributed by atoms with Gasteiger partial charge in [-0.3, -0.25) is 4.79 Å². The third-order valence-electron chi connectivity index (χ3n) is 1.39. The molecule has 0 saturated heterocycles. The Hall–Kier alpha value is -1.23. The zero-order valence-corrected chi connectivity index (χ0v) is 7.98. The number of aromatic nitrogens is 1. The molecule has 0 aromatic carbocycles. The lowest BCUT2D eigenvalue weighted by molar-refractivity contribution is -0.126. The number of amides is 1. The van der Waals surface area contributed by atoms with Gasteiger partial charge in [0.25, 0.3) is 5.91 Å². The lowest BCUT2D eigenvalue weighted by Gasteiger charge is -2.05. The summed E-state index contributed by atoms with van der Waals surface area (Å²) in [6, 6.07) is 2.75. The van der Waals surface area contributed by atoms with Crippen LogP contribution in [-0.2, 0) is 4.79 Å². The van der Waals surface area contributed by atoms with Crippen LogP contribution in [0.1, 0.15) is 5.69 Å². The van der Waals surface area contributed by atoms with Crippen LogP contribution in [0.3, 0.4) is 0 Å². The molecule has 0 fully saturated rings. The number of nitrogens with zero attached hydrogens (tertiary/aromatic N) is 1. The highest BCUT2D eigenvalue weighted by atomic mass is 35.5. The Balaban J connectivity index is 2.82. The van der Waals surface area contributed by atoms with E-state index in [0.29, 0.717) is 5.69 Å². The Kier molecular flexibility index (Phi) is 3.35. The third kappa shape index (κ3) is 2.92. The monoisotopic (exact) mass is 220 g/mol. The normalized spacial score (nSPS) is 10.4. The number of alkyl halides is 2. The second kappa shape index (κ2) is 4.32. The van der Waals surface area contributed by atoms with Crippen molar-refractivity contribution in [3.05, 3.63) is 23.0 Å². The number of rotatable bonds is 2. The first-order valence-electron chi connectivity index (χ1n) is 3.72. The topological polar surface area (TPSA) is 42.0 Å². The minimum Gasteiger partial charge on any atom is -0.321 e. The van der Waals surface area contributed by atoms with Gasteiger partial charge < -0.3 is 5.32 Å². The summed E-state index contributed by atoms with van der Waals surface area (Å²) >= 11 is 5.56. The maximum Gasteiger partial charge on any atom is 0.315 e. The average molecular weight is 221 g/mol. The molecule has 0 aliphatic carbocycles. The van der Waals surface area contributed by atoms with Gasteiger partial charge in [-0.25, -0.2) is 4.98 Å². The molecule has 0 bridgehead atoms. The molecule has 1 N–H and O–H groups in total. The maximum atomic E-state index is 11.9. The van der Waals surface area contributed by atoms with Crippen molar-refractivity contribution < 1.29 is 13.6 Å². The summed E-state index contributed by atoms with van der Waals surface area (Å²) in [6.45, 7) is 1.64. The Morgan fingerprint density at radius 1 is 1.57 bits per heavy atom. The molecule has 0 aliphatic heterocycles. The summed E-state index contributed by atoms with van der Waals surface area (Å²) in [6.07, 6.45) is -3.04. The molecule has 0 aliphatic rings. The zero-order chi connectivity index (χ0) is 10.7. The Labute approximate surface area is 84.1 Å². The third-order valence-corrected chi connectivity index (χ3v) is 1.58. The molecule has 1 heterocycles. The van der Waals surface area contributed by atoms with Crippen LogP contribution in [0.2, 0.25) is 5.15 Å². The molecule has 3 nitrogen and oxygen atoms in total. The van der Waals surface area contributed by atoms with Gasteiger partial charge in [-0.05, 0) is 19.1 Å². The second-order valence-corrected chi connectivity index (χ2v) is 3.00. The molecule has 76 valence electrons. The first-order chi connectivity index (χ1) is 6.49. The molecule has 1 rings (SSSR count). The summed E-state index contributed by atoms with van der Waals surface area (Å²) in [4.78, 5) is 14.4. The highest BCUT2D eigenvalue weighted by Gasteiger charge is 2.15. The molecule has 0 spiro atoms. The summed E-state index contributed by atoms with van der Waals surface area (Å²) in [7, 11) is 0. The van der Waals surface area contributed by atoms with Gasteiger partial charge in [0.1, 0.15) is 5.15 Å². The minimum absolute atomic E-state index is 0.148. The van der Waals surface area contributed by atoms with Gasteiger partial charge in [0.2, 0.25) is 0 Å². The van der Waals surface area contributed by atoms with Crippen molar-refractivity contribution in [2.45, 2.75) is 13.3 Å². The van der Waals surface area contributed by atoms with Gasteiger partial charge in [0.15, 0.2) is 0 Å². The molecule has 1 amide bonds. The number of pyridine rings is 1. The van der Waals surface area contributed by atoms with Crippen molar-refractivity contribution in [1.29, 1.82) is 0 Å². The van der Waals surface area contributed by atoms with Crippen molar-refractivity contribution >= 4 is 23.2 Å². The van der Waals surface area contributed by atoms with E-state index in [-0.39, 0.29) is 10.8 Å². The van der Waals surface area contributed by atoms with Crippen LogP contribution < -0.4 is 5.32 Å². The van der Waals surface area contributed by atoms with Crippen LogP contribution in [0.4, 0.5) is 14.5 Å². The van der Waals surface area contributed by atoms with E-state index in [1.165, 1.54) is 12.1 Å². The summed E-state index contributed by atoms with van der Waals surface area (Å²) in [5.41, 5.74) is 0.759. The fourth-order valence-electron chi connectivity index (χ4n) is 0.897. The predicted octanol–water partition coefficient (Wildman–Crippen LogP) is 2.25. The molecule has 14 heavy (non-hydrogen) atoms. The molecule has 0 unspecified atom stereocenters. The number of anilines is 1. The van der Waals surface area contributed by atoms with Gasteiger partial charge in [-0.2, -0.15) is 8.78 Å². The van der Waals surface area contributed by atoms with Crippen LogP contribution in [0, 0.1) is 6.92 Å². The van der Waals surface area contributed by atoms with E-state index in [1.54, 1.807) is 6.92 Å². The first kappa shape index (κ1) is 10.8. The lowest BCUT2D eigenvalue weighted by atomic mass is 10.3. The Bertz CT molecular complexity index is 337. The van der Waals surface area contributed by atoms with Crippen molar-refractivity contribution in [1.82, 2.24) is 4.98 Å². The molecule has 1 aromatic heterocycles. The fraction of sp³-hybridized carbons (Fsp3) is 0.250. The maximum absolute atomic E-state index is 11.9. The van der Waals surface area contributed by atoms with E-state index in [4.69, 9.17) is 11.6 Å². The quantitative estimate of drug-likeness (QED) is 0.777. The molecule has 6 heteroatoms. The lowest BCUT2D eigenvalue weighted by Crippen LogP contribution is -2.20. The smallest absolute Gasteiger partial charge is 0.315 e. The average Bonchev–Trinajstić information content (AvgIpc) is 2.01. The summed E-state index contributed by atoms with van der Waals surface area (Å²) in [5, 5.41) is 2.16. The predicted molar refractivity (Wildman–Crippen MR) is 48.6 cm³/mol. The number of carbonyl (C=O) groups excluding carboxylic acids is 1. The number of hydrogen-bond acceptors (Lipinski definition) is 2. The summed E-state index contributed by atoms with van der Waals surface area (Å²) < 4.78 is 23.7. The minimum atomic E-state index is -3.04. The number of aryl methyl sites for hydroxylation is 1. The fourth-order valence-corrected chi connectivity index (χ4v) is 1.15. The van der Waals surface area contributed by atoms with Crippen molar-refractivity contribution in [3.63, 3.8) is 0 Å². The van der Waals surface area contributed by atoms with E-state index in [2.05, 4.69) is 4.98 Å². The van der Waals surface area contributed by atoms with Gasteiger partial charge >= 0.3 is 6.43 Å². The highest BCUT2D eigenvalue weighted by Crippen LogP contribution is 2.15. The molecular formula is C8H7ClF2N2O. The van der Waals surface area contributed by atoms with Crippen LogP contribution in [-0.4, -0.2) is 17.3 Å². The van der Waals surface area contributed by atoms with Crippen LogP contribution in [0.5, 0.6) is 0 Å². The van der Waals surface area contributed by atoms with E-state index in [9.17, 15) is 13.6 Å². The second-order valence-electron chi connectivity index (χ2n) is 2.61. The first-order valence-corrected chi connectivity index (χ1v) is 4.10. The SMILES string of the molecule is Cc1cc(NC(=O)C(F)F)cc(Cl)n1. The van der Waals surface area contributed by atoms with Crippen LogP contribution in [0.15, 0.2) is 12.1 Å². The number of nitrogens with one attached hydrogen (secondary N) is 1. The van der Waals surface area contributed by atoms with E-state index < -0.39 is 12.3 Å². The van der Waals surface area contributed by atoms with Crippen molar-refractivity contribution in [3.8, 4) is 0 Å². The molecule has 0 radical (unpaired) electrons. The van der Waals surface area contributed by atoms with Crippen molar-refractivity contribution in [2.75, 3.05) is 5.32 Å². The van der Waals surface area contributed by atoms with E-state index >= 15 is 0 Å². The van der Waals surface area contributed by atoms with Gasteiger partial charge in [0.05, 0.1) is 0 Å². The van der Waals surface area contributed by atoms with Crippen LogP contribution in [0.25, 0.3) is 0 Å². The van der Waals surface area contributed by atoms with E-state index in [1.807, 2.05) is 5.32 Å². The number of hydrogen-bond donors (Lipinski definition) is 1. The number of carbonyl (C=O) groups is 1. The largest absolute Gasteiger partial charge is 0.321 e. The van der Waals surface area contributed by atoms with Crippen molar-refractivity contribution in [2.24, 2.45) is 0 Å². The highest BCUT2D eigenvalue weighted by molar-refractivity contribution is 6.29. The molecule has 0 saturated carbocycles. The molecular weight excluding hydrogens is 214 g/mol. The molecule has 0 atom stereocenters. The summed E-state index contributed by atoms with van der Waals surface area (Å²) in [5.74, 6) is -1.35. The van der Waals surface area contributed by atoms with Crippen LogP contribution >= 0.6 is 11.6 Å².